The van der Waals surface area contributed by atoms with Crippen LogP contribution < -0.4 is 14.9 Å². The first kappa shape index (κ1) is 24.2. The van der Waals surface area contributed by atoms with Crippen molar-refractivity contribution >= 4 is 51.4 Å². The Balaban J connectivity index is 1.54. The summed E-state index contributed by atoms with van der Waals surface area (Å²) >= 11 is 11.3. The lowest BCUT2D eigenvalue weighted by Crippen LogP contribution is -2.19. The van der Waals surface area contributed by atoms with Crippen molar-refractivity contribution in [1.29, 1.82) is 0 Å². The molecule has 0 saturated carbocycles. The summed E-state index contributed by atoms with van der Waals surface area (Å²) in [5.74, 6) is 2.04. The van der Waals surface area contributed by atoms with Crippen LogP contribution in [-0.4, -0.2) is 25.0 Å². The van der Waals surface area contributed by atoms with E-state index < -0.39 is 0 Å². The van der Waals surface area contributed by atoms with Crippen molar-refractivity contribution in [3.63, 3.8) is 0 Å². The summed E-state index contributed by atoms with van der Waals surface area (Å²) in [7, 11) is 1.57. The van der Waals surface area contributed by atoms with Gasteiger partial charge in [-0.05, 0) is 45.3 Å². The maximum Gasteiger partial charge on any atom is 0.250 e. The predicted molar refractivity (Wildman–Crippen MR) is 135 cm³/mol. The summed E-state index contributed by atoms with van der Waals surface area (Å²) in [6, 6.07) is 21.1. The molecule has 0 unspecified atom stereocenters. The highest BCUT2D eigenvalue weighted by Gasteiger charge is 2.12. The average Bonchev–Trinajstić information content (AvgIpc) is 2.80. The van der Waals surface area contributed by atoms with Crippen molar-refractivity contribution in [2.75, 3.05) is 12.9 Å². The molecule has 3 aromatic carbocycles. The fourth-order valence-electron chi connectivity index (χ4n) is 2.77. The molecule has 0 aromatic heterocycles. The van der Waals surface area contributed by atoms with Crippen molar-refractivity contribution in [3.8, 4) is 11.5 Å². The SMILES string of the molecule is COc1cc(/C=N\NC(=O)CSCc2ccccc2)cc(Br)c1OCc1ccccc1Cl. The van der Waals surface area contributed by atoms with Crippen molar-refractivity contribution in [1.82, 2.24) is 5.43 Å². The Morgan fingerprint density at radius 3 is 2.66 bits per heavy atom. The molecule has 0 aliphatic heterocycles. The number of halogens is 2. The van der Waals surface area contributed by atoms with Gasteiger partial charge in [-0.1, -0.05) is 60.1 Å². The largest absolute Gasteiger partial charge is 0.493 e. The van der Waals surface area contributed by atoms with Gasteiger partial charge in [0.05, 0.1) is 23.5 Å². The Hall–Kier alpha value is -2.48. The highest BCUT2D eigenvalue weighted by molar-refractivity contribution is 9.10. The van der Waals surface area contributed by atoms with Crippen LogP contribution in [0.25, 0.3) is 0 Å². The summed E-state index contributed by atoms with van der Waals surface area (Å²) in [6.07, 6.45) is 1.56. The van der Waals surface area contributed by atoms with Crippen LogP contribution in [0.2, 0.25) is 5.02 Å². The Labute approximate surface area is 205 Å². The lowest BCUT2D eigenvalue weighted by atomic mass is 10.2. The first-order valence-corrected chi connectivity index (χ1v) is 12.1. The van der Waals surface area contributed by atoms with Gasteiger partial charge in [0.2, 0.25) is 5.91 Å². The third-order valence-electron chi connectivity index (χ3n) is 4.33. The van der Waals surface area contributed by atoms with Gasteiger partial charge in [0, 0.05) is 16.3 Å². The third kappa shape index (κ3) is 7.29. The monoisotopic (exact) mass is 532 g/mol. The number of rotatable bonds is 10. The highest BCUT2D eigenvalue weighted by atomic mass is 79.9. The minimum Gasteiger partial charge on any atom is -0.493 e. The van der Waals surface area contributed by atoms with Gasteiger partial charge in [-0.3, -0.25) is 4.79 Å². The zero-order valence-electron chi connectivity index (χ0n) is 17.4. The van der Waals surface area contributed by atoms with E-state index in [1.54, 1.807) is 19.4 Å². The summed E-state index contributed by atoms with van der Waals surface area (Å²) in [4.78, 5) is 12.0. The number of benzene rings is 3. The molecular weight excluding hydrogens is 512 g/mol. The van der Waals surface area contributed by atoms with E-state index in [1.165, 1.54) is 17.3 Å². The number of thioether (sulfide) groups is 1. The van der Waals surface area contributed by atoms with E-state index in [2.05, 4.69) is 26.5 Å². The lowest BCUT2D eigenvalue weighted by molar-refractivity contribution is -0.118. The third-order valence-corrected chi connectivity index (χ3v) is 6.29. The smallest absolute Gasteiger partial charge is 0.250 e. The van der Waals surface area contributed by atoms with Crippen LogP contribution in [0, 0.1) is 0 Å². The summed E-state index contributed by atoms with van der Waals surface area (Å²) in [6.45, 7) is 0.304. The van der Waals surface area contributed by atoms with E-state index in [4.69, 9.17) is 21.1 Å². The molecule has 166 valence electrons. The number of hydrogen-bond donors (Lipinski definition) is 1. The van der Waals surface area contributed by atoms with E-state index in [1.807, 2.05) is 60.7 Å². The second-order valence-electron chi connectivity index (χ2n) is 6.69. The molecule has 0 aliphatic rings. The molecule has 0 fully saturated rings. The van der Waals surface area contributed by atoms with E-state index >= 15 is 0 Å². The Kier molecular flexibility index (Phi) is 9.46. The molecule has 0 aliphatic carbocycles. The molecule has 1 N–H and O–H groups in total. The van der Waals surface area contributed by atoms with E-state index in [9.17, 15) is 4.79 Å². The van der Waals surface area contributed by atoms with Crippen LogP contribution >= 0.6 is 39.3 Å². The Morgan fingerprint density at radius 2 is 1.91 bits per heavy atom. The normalized spacial score (nSPS) is 10.8. The second-order valence-corrected chi connectivity index (χ2v) is 8.93. The van der Waals surface area contributed by atoms with E-state index in [0.717, 1.165) is 16.9 Å². The average molecular weight is 534 g/mol. The maximum atomic E-state index is 12.0. The molecular formula is C24H22BrClN2O3S. The highest BCUT2D eigenvalue weighted by Crippen LogP contribution is 2.37. The topological polar surface area (TPSA) is 59.9 Å². The molecule has 0 radical (unpaired) electrons. The minimum absolute atomic E-state index is 0.159. The van der Waals surface area contributed by atoms with Gasteiger partial charge in [-0.25, -0.2) is 5.43 Å². The van der Waals surface area contributed by atoms with Gasteiger partial charge in [0.15, 0.2) is 11.5 Å². The van der Waals surface area contributed by atoms with Crippen LogP contribution in [0.4, 0.5) is 0 Å². The number of nitrogens with one attached hydrogen (secondary N) is 1. The molecule has 0 atom stereocenters. The van der Waals surface area contributed by atoms with Crippen molar-refractivity contribution in [2.24, 2.45) is 5.10 Å². The molecule has 0 bridgehead atoms. The van der Waals surface area contributed by atoms with Crippen LogP contribution in [0.15, 0.2) is 76.3 Å². The molecule has 1 amide bonds. The number of hydrazone groups is 1. The van der Waals surface area contributed by atoms with Gasteiger partial charge in [0.1, 0.15) is 6.61 Å². The predicted octanol–water partition coefficient (Wildman–Crippen LogP) is 6.07. The van der Waals surface area contributed by atoms with Crippen molar-refractivity contribution < 1.29 is 14.3 Å². The zero-order valence-corrected chi connectivity index (χ0v) is 20.5. The van der Waals surface area contributed by atoms with Gasteiger partial charge in [0.25, 0.3) is 0 Å². The van der Waals surface area contributed by atoms with Crippen LogP contribution in [-0.2, 0) is 17.2 Å². The number of methoxy groups -OCH3 is 1. The van der Waals surface area contributed by atoms with Crippen LogP contribution in [0.1, 0.15) is 16.7 Å². The van der Waals surface area contributed by atoms with Gasteiger partial charge < -0.3 is 9.47 Å². The van der Waals surface area contributed by atoms with Crippen molar-refractivity contribution in [3.05, 3.63) is 92.9 Å². The molecule has 8 heteroatoms. The minimum atomic E-state index is -0.159. The second kappa shape index (κ2) is 12.5. The molecule has 3 aromatic rings. The summed E-state index contributed by atoms with van der Waals surface area (Å²) in [5, 5.41) is 4.69. The number of amides is 1. The zero-order chi connectivity index (χ0) is 22.8. The molecule has 3 rings (SSSR count). The van der Waals surface area contributed by atoms with Crippen molar-refractivity contribution in [2.45, 2.75) is 12.4 Å². The van der Waals surface area contributed by atoms with E-state index in [0.29, 0.717) is 33.4 Å². The number of carbonyl (C=O) groups excluding carboxylic acids is 1. The number of ether oxygens (including phenoxy) is 2. The number of hydrogen-bond acceptors (Lipinski definition) is 5. The van der Waals surface area contributed by atoms with Gasteiger partial charge >= 0.3 is 0 Å². The fraction of sp³-hybridized carbons (Fsp3) is 0.167. The first-order chi connectivity index (χ1) is 15.6. The Morgan fingerprint density at radius 1 is 1.16 bits per heavy atom. The van der Waals surface area contributed by atoms with Crippen LogP contribution in [0.3, 0.4) is 0 Å². The van der Waals surface area contributed by atoms with E-state index in [-0.39, 0.29) is 5.91 Å². The number of nitrogens with zero attached hydrogens (tertiary/aromatic N) is 1. The van der Waals surface area contributed by atoms with Gasteiger partial charge in [-0.15, -0.1) is 11.8 Å². The summed E-state index contributed by atoms with van der Waals surface area (Å²) in [5.41, 5.74) is 5.36. The lowest BCUT2D eigenvalue weighted by Gasteiger charge is -2.14. The molecule has 5 nitrogen and oxygen atoms in total. The van der Waals surface area contributed by atoms with Crippen LogP contribution in [0.5, 0.6) is 11.5 Å². The molecule has 32 heavy (non-hydrogen) atoms. The van der Waals surface area contributed by atoms with Gasteiger partial charge in [-0.2, -0.15) is 5.10 Å². The Bertz CT molecular complexity index is 1080. The fourth-order valence-corrected chi connectivity index (χ4v) is 4.31. The summed E-state index contributed by atoms with van der Waals surface area (Å²) < 4.78 is 12.1. The quantitative estimate of drug-likeness (QED) is 0.254. The number of carbonyl (C=O) groups is 1. The molecule has 0 saturated heterocycles. The molecule has 0 spiro atoms. The maximum absolute atomic E-state index is 12.0. The standard InChI is InChI=1S/C24H22BrClN2O3S/c1-30-22-12-18(11-20(25)24(22)31-14-19-9-5-6-10-21(19)26)13-27-28-23(29)16-32-15-17-7-3-2-4-8-17/h2-13H,14-16H2,1H3,(H,28,29)/b27-13-. The molecule has 0 heterocycles. The first-order valence-electron chi connectivity index (χ1n) is 9.74.